The summed E-state index contributed by atoms with van der Waals surface area (Å²) in [4.78, 5) is 0. The Hall–Kier alpha value is -0.740. The minimum absolute atomic E-state index is 0.299. The first-order chi connectivity index (χ1) is 18.1. The zero-order chi connectivity index (χ0) is 25.9. The van der Waals surface area contributed by atoms with E-state index < -0.39 is 6.08 Å². The van der Waals surface area contributed by atoms with Crippen molar-refractivity contribution in [3.8, 4) is 0 Å². The maximum absolute atomic E-state index is 12.1. The Balaban J connectivity index is 1.00. The lowest BCUT2D eigenvalue weighted by atomic mass is 9.67. The summed E-state index contributed by atoms with van der Waals surface area (Å²) in [5.41, 5.74) is 0. The average molecular weight is 521 g/mol. The first-order valence-electron chi connectivity index (χ1n) is 16.0. The van der Waals surface area contributed by atoms with Gasteiger partial charge in [0.1, 0.15) is 0 Å². The van der Waals surface area contributed by atoms with Gasteiger partial charge in [0.25, 0.3) is 6.08 Å². The topological polar surface area (TPSA) is 18.5 Å². The van der Waals surface area contributed by atoms with Crippen LogP contribution in [0.5, 0.6) is 0 Å². The van der Waals surface area contributed by atoms with Crippen LogP contribution in [-0.4, -0.2) is 25.4 Å². The monoisotopic (exact) mass is 520 g/mol. The van der Waals surface area contributed by atoms with E-state index in [0.717, 1.165) is 67.6 Å². The number of rotatable bonds is 12. The molecule has 37 heavy (non-hydrogen) atoms. The Morgan fingerprint density at radius 1 is 0.703 bits per heavy atom. The molecule has 0 bridgehead atoms. The van der Waals surface area contributed by atoms with Crippen LogP contribution in [0, 0.1) is 35.5 Å². The molecule has 0 aromatic heterocycles. The molecule has 0 spiro atoms. The van der Waals surface area contributed by atoms with E-state index in [1.165, 1.54) is 103 Å². The van der Waals surface area contributed by atoms with E-state index in [0.29, 0.717) is 18.6 Å². The zero-order valence-corrected chi connectivity index (χ0v) is 23.4. The Bertz CT molecular complexity index is 658. The molecule has 4 aliphatic rings. The summed E-state index contributed by atoms with van der Waals surface area (Å²) in [5.74, 6) is 5.21. The van der Waals surface area contributed by atoms with Crippen LogP contribution in [0.3, 0.4) is 0 Å². The van der Waals surface area contributed by atoms with Gasteiger partial charge in [0.15, 0.2) is 0 Å². The molecule has 0 amide bonds. The highest BCUT2D eigenvalue weighted by atomic mass is 19.3. The van der Waals surface area contributed by atoms with Crippen LogP contribution in [0.2, 0.25) is 0 Å². The molecule has 0 aromatic carbocycles. The lowest BCUT2D eigenvalue weighted by Crippen LogP contribution is -2.34. The molecule has 0 aromatic rings. The molecule has 1 aliphatic heterocycles. The summed E-state index contributed by atoms with van der Waals surface area (Å²) in [6.07, 6.45) is 26.2. The van der Waals surface area contributed by atoms with E-state index in [1.54, 1.807) is 0 Å². The van der Waals surface area contributed by atoms with Crippen molar-refractivity contribution < 1.29 is 18.3 Å². The number of hydrogen-bond donors (Lipinski definition) is 0. The van der Waals surface area contributed by atoms with Crippen LogP contribution < -0.4 is 0 Å². The van der Waals surface area contributed by atoms with Crippen molar-refractivity contribution >= 4 is 0 Å². The van der Waals surface area contributed by atoms with Gasteiger partial charge in [0.05, 0.1) is 18.8 Å². The molecule has 3 aliphatic carbocycles. The van der Waals surface area contributed by atoms with Crippen LogP contribution in [0.1, 0.15) is 122 Å². The minimum Gasteiger partial charge on any atom is -0.378 e. The Kier molecular flexibility index (Phi) is 12.5. The van der Waals surface area contributed by atoms with Crippen LogP contribution in [0.15, 0.2) is 24.8 Å². The first-order valence-corrected chi connectivity index (χ1v) is 16.0. The highest BCUT2D eigenvalue weighted by molar-refractivity contribution is 4.89. The highest BCUT2D eigenvalue weighted by Gasteiger charge is 2.34. The summed E-state index contributed by atoms with van der Waals surface area (Å²) in [6.45, 7) is 5.79. The van der Waals surface area contributed by atoms with Gasteiger partial charge >= 0.3 is 0 Å². The molecule has 212 valence electrons. The lowest BCUT2D eigenvalue weighted by molar-refractivity contribution is -0.0228. The summed E-state index contributed by atoms with van der Waals surface area (Å²) in [5, 5.41) is 0. The number of unbranched alkanes of at least 4 members (excludes halogenated alkanes) is 1. The maximum Gasteiger partial charge on any atom is 0.266 e. The van der Waals surface area contributed by atoms with Crippen molar-refractivity contribution in [1.82, 2.24) is 0 Å². The van der Waals surface area contributed by atoms with Crippen molar-refractivity contribution in [1.29, 1.82) is 0 Å². The molecule has 3 saturated carbocycles. The second-order valence-corrected chi connectivity index (χ2v) is 13.0. The number of halogens is 2. The standard InChI is InChI=1S/C33H54F2O2/c1-2-31-20-19-30(24-37-31)29-15-13-27(14-16-29)28-17-21-32(22-18-28)36-23-5-7-26-11-9-25(10-12-26)6-3-4-8-33(34)35/h2,8,25-32H,1,3-7,9-24H2. The Morgan fingerprint density at radius 2 is 1.24 bits per heavy atom. The van der Waals surface area contributed by atoms with E-state index in [1.807, 2.05) is 6.08 Å². The maximum atomic E-state index is 12.1. The lowest BCUT2D eigenvalue weighted by Gasteiger charge is -2.41. The van der Waals surface area contributed by atoms with Gasteiger partial charge in [0, 0.05) is 6.61 Å². The van der Waals surface area contributed by atoms with Gasteiger partial charge in [0.2, 0.25) is 0 Å². The van der Waals surface area contributed by atoms with Gasteiger partial charge < -0.3 is 9.47 Å². The fourth-order valence-electron chi connectivity index (χ4n) is 8.21. The molecule has 4 rings (SSSR count). The molecule has 4 heteroatoms. The quantitative estimate of drug-likeness (QED) is 0.188. The molecule has 1 heterocycles. The summed E-state index contributed by atoms with van der Waals surface area (Å²) >= 11 is 0. The van der Waals surface area contributed by atoms with Crippen molar-refractivity contribution in [2.45, 2.75) is 134 Å². The SMILES string of the molecule is C=CC1CCC(C2CCC(C3CCC(OCCCC4CCC(CCCC=C(F)F)CC4)CC3)CC2)CO1. The van der Waals surface area contributed by atoms with Crippen molar-refractivity contribution in [2.24, 2.45) is 35.5 Å². The fraction of sp³-hybridized carbons (Fsp3) is 0.879. The minimum atomic E-state index is -1.52. The van der Waals surface area contributed by atoms with Gasteiger partial charge in [-0.1, -0.05) is 38.2 Å². The average Bonchev–Trinajstić information content (AvgIpc) is 2.94. The molecule has 2 atom stereocenters. The number of allylic oxidation sites excluding steroid dienone is 1. The first kappa shape index (κ1) is 29.2. The van der Waals surface area contributed by atoms with E-state index in [4.69, 9.17) is 9.47 Å². The zero-order valence-electron chi connectivity index (χ0n) is 23.4. The second kappa shape index (κ2) is 15.8. The van der Waals surface area contributed by atoms with Gasteiger partial charge in [-0.05, 0) is 131 Å². The molecule has 2 nitrogen and oxygen atoms in total. The van der Waals surface area contributed by atoms with Crippen LogP contribution in [0.25, 0.3) is 0 Å². The third-order valence-electron chi connectivity index (χ3n) is 10.7. The van der Waals surface area contributed by atoms with E-state index >= 15 is 0 Å². The van der Waals surface area contributed by atoms with Crippen molar-refractivity contribution in [3.63, 3.8) is 0 Å². The van der Waals surface area contributed by atoms with Crippen molar-refractivity contribution in [2.75, 3.05) is 13.2 Å². The molecule has 1 saturated heterocycles. The third kappa shape index (κ3) is 9.75. The molecular formula is C33H54F2O2. The summed E-state index contributed by atoms with van der Waals surface area (Å²) < 4.78 is 36.6. The highest BCUT2D eigenvalue weighted by Crippen LogP contribution is 2.44. The smallest absolute Gasteiger partial charge is 0.266 e. The Morgan fingerprint density at radius 3 is 1.78 bits per heavy atom. The Labute approximate surface area is 226 Å². The fourth-order valence-corrected chi connectivity index (χ4v) is 8.21. The van der Waals surface area contributed by atoms with E-state index in [9.17, 15) is 8.78 Å². The summed E-state index contributed by atoms with van der Waals surface area (Å²) in [6, 6.07) is 0. The predicted molar refractivity (Wildman–Crippen MR) is 149 cm³/mol. The largest absolute Gasteiger partial charge is 0.378 e. The van der Waals surface area contributed by atoms with E-state index in [-0.39, 0.29) is 0 Å². The molecular weight excluding hydrogens is 466 g/mol. The molecule has 0 radical (unpaired) electrons. The van der Waals surface area contributed by atoms with Crippen LogP contribution >= 0.6 is 0 Å². The van der Waals surface area contributed by atoms with Crippen LogP contribution in [0.4, 0.5) is 8.78 Å². The number of ether oxygens (including phenoxy) is 2. The molecule has 0 N–H and O–H groups in total. The van der Waals surface area contributed by atoms with Crippen LogP contribution in [-0.2, 0) is 9.47 Å². The summed E-state index contributed by atoms with van der Waals surface area (Å²) in [7, 11) is 0. The van der Waals surface area contributed by atoms with E-state index in [2.05, 4.69) is 6.58 Å². The second-order valence-electron chi connectivity index (χ2n) is 13.0. The molecule has 2 unspecified atom stereocenters. The third-order valence-corrected chi connectivity index (χ3v) is 10.7. The molecule has 4 fully saturated rings. The number of hydrogen-bond acceptors (Lipinski definition) is 2. The van der Waals surface area contributed by atoms with Gasteiger partial charge in [-0.15, -0.1) is 6.58 Å². The van der Waals surface area contributed by atoms with Gasteiger partial charge in [-0.25, -0.2) is 0 Å². The normalized spacial score (nSPS) is 37.1. The predicted octanol–water partition coefficient (Wildman–Crippen LogP) is 9.89. The van der Waals surface area contributed by atoms with Gasteiger partial charge in [-0.3, -0.25) is 0 Å². The van der Waals surface area contributed by atoms with Crippen molar-refractivity contribution in [3.05, 3.63) is 24.8 Å². The van der Waals surface area contributed by atoms with Gasteiger partial charge in [-0.2, -0.15) is 8.78 Å².